The lowest BCUT2D eigenvalue weighted by atomic mass is 9.85. The summed E-state index contributed by atoms with van der Waals surface area (Å²) in [5.41, 5.74) is -0.294. The number of carbonyl (C=O) groups is 1. The number of alkyl halides is 5. The van der Waals surface area contributed by atoms with Gasteiger partial charge in [0.1, 0.15) is 18.0 Å². The van der Waals surface area contributed by atoms with E-state index in [1.165, 1.54) is 18.3 Å². The lowest BCUT2D eigenvalue weighted by Crippen LogP contribution is -2.38. The van der Waals surface area contributed by atoms with Gasteiger partial charge in [-0.05, 0) is 37.8 Å². The second-order valence-corrected chi connectivity index (χ2v) is 7.30. The average molecular weight is 448 g/mol. The van der Waals surface area contributed by atoms with Gasteiger partial charge in [-0.3, -0.25) is 9.59 Å². The Morgan fingerprint density at radius 1 is 1.23 bits per heavy atom. The second kappa shape index (κ2) is 9.63. The van der Waals surface area contributed by atoms with E-state index < -0.39 is 48.3 Å². The topological polar surface area (TPSA) is 80.4 Å². The first kappa shape index (κ1) is 23.0. The van der Waals surface area contributed by atoms with Crippen molar-refractivity contribution in [3.05, 3.63) is 52.7 Å². The molecule has 0 fully saturated rings. The third kappa shape index (κ3) is 6.16. The molecule has 1 heterocycles. The fraction of sp³-hybridized carbons (Fsp3) is 0.500. The number of anilines is 1. The van der Waals surface area contributed by atoms with Crippen LogP contribution in [0.4, 0.5) is 27.6 Å². The molecule has 1 aromatic heterocycles. The average Bonchev–Trinajstić information content (AvgIpc) is 2.68. The van der Waals surface area contributed by atoms with Gasteiger partial charge in [-0.15, -0.1) is 0 Å². The van der Waals surface area contributed by atoms with Crippen molar-refractivity contribution in [3.63, 3.8) is 0 Å². The molecule has 6 nitrogen and oxygen atoms in total. The molecule has 0 aromatic carbocycles. The summed E-state index contributed by atoms with van der Waals surface area (Å²) in [7, 11) is 0. The molecule has 3 rings (SSSR count). The highest BCUT2D eigenvalue weighted by molar-refractivity contribution is 5.94. The molecular formula is C20H21F5N2O4. The Hall–Kier alpha value is -2.69. The summed E-state index contributed by atoms with van der Waals surface area (Å²) in [6.07, 6.45) is -1.29. The maximum Gasteiger partial charge on any atom is 0.395 e. The molecule has 1 aromatic rings. The summed E-state index contributed by atoms with van der Waals surface area (Å²) in [5, 5.41) is 2.49. The minimum atomic E-state index is -4.53. The first-order valence-electron chi connectivity index (χ1n) is 9.68. The van der Waals surface area contributed by atoms with Gasteiger partial charge < -0.3 is 19.8 Å². The molecular weight excluding hydrogens is 427 g/mol. The van der Waals surface area contributed by atoms with Gasteiger partial charge in [0, 0.05) is 18.0 Å². The molecule has 4 atom stereocenters. The van der Waals surface area contributed by atoms with E-state index in [9.17, 15) is 31.5 Å². The van der Waals surface area contributed by atoms with Crippen molar-refractivity contribution in [1.82, 2.24) is 4.98 Å². The molecule has 0 aliphatic heterocycles. The van der Waals surface area contributed by atoms with E-state index in [-0.39, 0.29) is 30.7 Å². The zero-order valence-corrected chi connectivity index (χ0v) is 16.2. The Morgan fingerprint density at radius 2 is 2.00 bits per heavy atom. The van der Waals surface area contributed by atoms with E-state index in [0.29, 0.717) is 6.42 Å². The van der Waals surface area contributed by atoms with Crippen LogP contribution in [-0.2, 0) is 14.3 Å². The SMILES string of the molecule is O=C(Nc1cc[nH]c(=O)c1)C1CCC(C(F)(F)F)C=C1OC1CCC=CC1OC(F)F. The summed E-state index contributed by atoms with van der Waals surface area (Å²) in [4.78, 5) is 26.5. The fourth-order valence-corrected chi connectivity index (χ4v) is 3.61. The van der Waals surface area contributed by atoms with Gasteiger partial charge in [-0.2, -0.15) is 22.0 Å². The van der Waals surface area contributed by atoms with Gasteiger partial charge in [-0.1, -0.05) is 12.2 Å². The number of amides is 1. The minimum absolute atomic E-state index is 0.159. The van der Waals surface area contributed by atoms with Crippen molar-refractivity contribution in [2.45, 2.75) is 50.7 Å². The second-order valence-electron chi connectivity index (χ2n) is 7.30. The molecule has 0 spiro atoms. The number of allylic oxidation sites excluding steroid dienone is 2. The van der Waals surface area contributed by atoms with Gasteiger partial charge in [0.05, 0.1) is 11.8 Å². The van der Waals surface area contributed by atoms with Crippen LogP contribution in [0.15, 0.2) is 47.1 Å². The molecule has 4 unspecified atom stereocenters. The van der Waals surface area contributed by atoms with Crippen LogP contribution >= 0.6 is 0 Å². The van der Waals surface area contributed by atoms with Gasteiger partial charge in [0.25, 0.3) is 0 Å². The summed E-state index contributed by atoms with van der Waals surface area (Å²) in [6, 6.07) is 2.55. The van der Waals surface area contributed by atoms with Crippen molar-refractivity contribution < 1.29 is 36.2 Å². The van der Waals surface area contributed by atoms with E-state index in [1.807, 2.05) is 0 Å². The Labute approximate surface area is 174 Å². The zero-order chi connectivity index (χ0) is 22.6. The highest BCUT2D eigenvalue weighted by Gasteiger charge is 2.44. The third-order valence-electron chi connectivity index (χ3n) is 5.11. The Morgan fingerprint density at radius 3 is 2.68 bits per heavy atom. The van der Waals surface area contributed by atoms with Crippen molar-refractivity contribution >= 4 is 11.6 Å². The molecule has 31 heavy (non-hydrogen) atoms. The lowest BCUT2D eigenvalue weighted by Gasteiger charge is -2.34. The predicted molar refractivity (Wildman–Crippen MR) is 100 cm³/mol. The number of nitrogens with one attached hydrogen (secondary N) is 2. The highest BCUT2D eigenvalue weighted by atomic mass is 19.4. The Balaban J connectivity index is 1.83. The summed E-state index contributed by atoms with van der Waals surface area (Å²) < 4.78 is 75.5. The number of halogens is 5. The number of carbonyl (C=O) groups excluding carboxylic acids is 1. The molecule has 2 aliphatic rings. The Kier molecular flexibility index (Phi) is 7.14. The van der Waals surface area contributed by atoms with Crippen LogP contribution in [0.3, 0.4) is 0 Å². The standard InChI is InChI=1S/C20H21F5N2O4/c21-19(22)31-15-4-2-1-3-14(15)30-16-9-11(20(23,24)25)5-6-13(16)18(29)27-12-7-8-26-17(28)10-12/h2,4,7-11,13-15,19H,1,3,5-6H2,(H2,26,27,28,29). The molecule has 1 amide bonds. The van der Waals surface area contributed by atoms with E-state index in [0.717, 1.165) is 12.1 Å². The van der Waals surface area contributed by atoms with Crippen LogP contribution in [-0.4, -0.2) is 35.9 Å². The van der Waals surface area contributed by atoms with Crippen LogP contribution in [0.2, 0.25) is 0 Å². The monoisotopic (exact) mass is 448 g/mol. The van der Waals surface area contributed by atoms with Gasteiger partial charge >= 0.3 is 12.8 Å². The van der Waals surface area contributed by atoms with Crippen LogP contribution < -0.4 is 10.9 Å². The van der Waals surface area contributed by atoms with Crippen LogP contribution in [0.5, 0.6) is 0 Å². The molecule has 0 saturated carbocycles. The van der Waals surface area contributed by atoms with Gasteiger partial charge in [0.15, 0.2) is 0 Å². The number of pyridine rings is 1. The number of hydrogen-bond donors (Lipinski definition) is 2. The maximum atomic E-state index is 13.3. The largest absolute Gasteiger partial charge is 0.491 e. The highest BCUT2D eigenvalue weighted by Crippen LogP contribution is 2.40. The summed E-state index contributed by atoms with van der Waals surface area (Å²) in [6.45, 7) is -3.09. The van der Waals surface area contributed by atoms with E-state index >= 15 is 0 Å². The minimum Gasteiger partial charge on any atom is -0.491 e. The van der Waals surface area contributed by atoms with Crippen LogP contribution in [0, 0.1) is 11.8 Å². The van der Waals surface area contributed by atoms with Crippen molar-refractivity contribution in [3.8, 4) is 0 Å². The summed E-state index contributed by atoms with van der Waals surface area (Å²) >= 11 is 0. The molecule has 170 valence electrons. The lowest BCUT2D eigenvalue weighted by molar-refractivity contribution is -0.182. The van der Waals surface area contributed by atoms with Crippen molar-refractivity contribution in [2.75, 3.05) is 5.32 Å². The fourth-order valence-electron chi connectivity index (χ4n) is 3.61. The number of rotatable bonds is 6. The predicted octanol–water partition coefficient (Wildman–Crippen LogP) is 4.13. The van der Waals surface area contributed by atoms with Crippen LogP contribution in [0.1, 0.15) is 25.7 Å². The number of H-pyrrole nitrogens is 1. The quantitative estimate of drug-likeness (QED) is 0.507. The molecule has 0 bridgehead atoms. The first-order chi connectivity index (χ1) is 14.6. The zero-order valence-electron chi connectivity index (χ0n) is 16.2. The number of hydrogen-bond acceptors (Lipinski definition) is 4. The van der Waals surface area contributed by atoms with Crippen LogP contribution in [0.25, 0.3) is 0 Å². The number of aromatic nitrogens is 1. The van der Waals surface area contributed by atoms with E-state index in [1.54, 1.807) is 6.08 Å². The maximum absolute atomic E-state index is 13.3. The van der Waals surface area contributed by atoms with E-state index in [2.05, 4.69) is 15.0 Å². The van der Waals surface area contributed by atoms with E-state index in [4.69, 9.17) is 4.74 Å². The van der Waals surface area contributed by atoms with Crippen molar-refractivity contribution in [2.24, 2.45) is 11.8 Å². The number of ether oxygens (including phenoxy) is 2. The molecule has 0 saturated heterocycles. The summed E-state index contributed by atoms with van der Waals surface area (Å²) in [5.74, 6) is -3.79. The first-order valence-corrected chi connectivity index (χ1v) is 9.68. The van der Waals surface area contributed by atoms with Crippen molar-refractivity contribution in [1.29, 1.82) is 0 Å². The molecule has 0 radical (unpaired) electrons. The Bertz CT molecular complexity index is 896. The molecule has 2 aliphatic carbocycles. The normalized spacial score (nSPS) is 26.5. The molecule has 11 heteroatoms. The van der Waals surface area contributed by atoms with Gasteiger partial charge in [0.2, 0.25) is 11.5 Å². The van der Waals surface area contributed by atoms with Gasteiger partial charge in [-0.25, -0.2) is 0 Å². The number of aromatic amines is 1. The third-order valence-corrected chi connectivity index (χ3v) is 5.11. The molecule has 2 N–H and O–H groups in total. The smallest absolute Gasteiger partial charge is 0.395 e.